The molecule has 4 atom stereocenters. The Kier molecular flexibility index (Phi) is 5.22. The Hall–Kier alpha value is -1.65. The highest BCUT2D eigenvalue weighted by atomic mass is 15.2. The Morgan fingerprint density at radius 1 is 1.09 bits per heavy atom. The van der Waals surface area contributed by atoms with Crippen LogP contribution in [-0.4, -0.2) is 47.2 Å². The Labute approximate surface area is 193 Å². The summed E-state index contributed by atoms with van der Waals surface area (Å²) in [5.41, 5.74) is 4.57. The lowest BCUT2D eigenvalue weighted by Crippen LogP contribution is -2.56. The summed E-state index contributed by atoms with van der Waals surface area (Å²) in [6.45, 7) is 15.4. The van der Waals surface area contributed by atoms with E-state index in [1.807, 2.05) is 0 Å². The van der Waals surface area contributed by atoms with Gasteiger partial charge in [0.15, 0.2) is 0 Å². The first-order chi connectivity index (χ1) is 15.5. The van der Waals surface area contributed by atoms with Gasteiger partial charge in [0.1, 0.15) is 5.82 Å². The SMILES string of the molecule is C=C1C2CCC(CN3CCC(n4c(C5CCCNC5)nc5ccccc54)CC3)C1C2(C)C. The molecule has 3 aliphatic carbocycles. The molecule has 32 heavy (non-hydrogen) atoms. The van der Waals surface area contributed by atoms with Crippen molar-refractivity contribution in [3.63, 3.8) is 0 Å². The van der Waals surface area contributed by atoms with E-state index < -0.39 is 0 Å². The maximum Gasteiger partial charge on any atom is 0.114 e. The van der Waals surface area contributed by atoms with E-state index in [4.69, 9.17) is 4.98 Å². The van der Waals surface area contributed by atoms with Crippen molar-refractivity contribution >= 4 is 11.0 Å². The topological polar surface area (TPSA) is 33.1 Å². The minimum atomic E-state index is 0.483. The molecular formula is C28H40N4. The summed E-state index contributed by atoms with van der Waals surface area (Å²) in [5.74, 6) is 4.24. The van der Waals surface area contributed by atoms with Gasteiger partial charge >= 0.3 is 0 Å². The van der Waals surface area contributed by atoms with E-state index in [9.17, 15) is 0 Å². The summed E-state index contributed by atoms with van der Waals surface area (Å²) in [4.78, 5) is 7.93. The third-order valence-electron chi connectivity index (χ3n) is 9.54. The number of nitrogens with one attached hydrogen (secondary N) is 1. The molecule has 2 bridgehead atoms. The summed E-state index contributed by atoms with van der Waals surface area (Å²) in [7, 11) is 0. The normalized spacial score (nSPS) is 33.4. The molecule has 1 aromatic heterocycles. The molecule has 4 heteroatoms. The summed E-state index contributed by atoms with van der Waals surface area (Å²) >= 11 is 0. The molecular weight excluding hydrogens is 392 g/mol. The summed E-state index contributed by atoms with van der Waals surface area (Å²) in [5, 5.41) is 3.61. The number of piperidine rings is 2. The number of likely N-dealkylation sites (tertiary alicyclic amines) is 1. The lowest BCUT2D eigenvalue weighted by molar-refractivity contribution is -0.0463. The van der Waals surface area contributed by atoms with Crippen LogP contribution < -0.4 is 5.32 Å². The Morgan fingerprint density at radius 3 is 2.62 bits per heavy atom. The average Bonchev–Trinajstić information content (AvgIpc) is 3.20. The molecule has 2 aliphatic heterocycles. The van der Waals surface area contributed by atoms with E-state index in [1.165, 1.54) is 75.0 Å². The second-order valence-electron chi connectivity index (χ2n) is 11.7. The minimum absolute atomic E-state index is 0.483. The van der Waals surface area contributed by atoms with Gasteiger partial charge in [-0.1, -0.05) is 38.1 Å². The van der Waals surface area contributed by atoms with E-state index in [1.54, 1.807) is 5.57 Å². The standard InChI is InChI=1S/C28H40N4/c1-19-23-11-10-21(26(19)28(23,2)3)18-31-15-12-22(13-16-31)32-25-9-5-4-8-24(25)30-27(32)20-7-6-14-29-17-20/h4-5,8-9,20-23,26,29H,1,6-7,10-18H2,2-3H3. The van der Waals surface area contributed by atoms with Crippen LogP contribution in [0.15, 0.2) is 36.4 Å². The molecule has 0 radical (unpaired) electrons. The van der Waals surface area contributed by atoms with Gasteiger partial charge in [0.25, 0.3) is 0 Å². The van der Waals surface area contributed by atoms with Crippen molar-refractivity contribution in [3.05, 3.63) is 42.2 Å². The summed E-state index contributed by atoms with van der Waals surface area (Å²) in [6.07, 6.45) is 7.79. The smallest absolute Gasteiger partial charge is 0.114 e. The molecule has 0 amide bonds. The lowest BCUT2D eigenvalue weighted by atomic mass is 9.43. The van der Waals surface area contributed by atoms with Crippen LogP contribution in [0.2, 0.25) is 0 Å². The van der Waals surface area contributed by atoms with Gasteiger partial charge < -0.3 is 14.8 Å². The van der Waals surface area contributed by atoms with E-state index in [0.717, 1.165) is 30.8 Å². The van der Waals surface area contributed by atoms with Crippen molar-refractivity contribution in [3.8, 4) is 0 Å². The molecule has 0 spiro atoms. The van der Waals surface area contributed by atoms with E-state index in [2.05, 4.69) is 59.5 Å². The van der Waals surface area contributed by atoms with Gasteiger partial charge in [-0.05, 0) is 80.4 Å². The van der Waals surface area contributed by atoms with E-state index in [-0.39, 0.29) is 0 Å². The molecule has 172 valence electrons. The van der Waals surface area contributed by atoms with Crippen LogP contribution in [0.4, 0.5) is 0 Å². The van der Waals surface area contributed by atoms with Crippen molar-refractivity contribution < 1.29 is 0 Å². The Morgan fingerprint density at radius 2 is 1.91 bits per heavy atom. The first kappa shape index (κ1) is 20.9. The van der Waals surface area contributed by atoms with Crippen molar-refractivity contribution in [1.29, 1.82) is 0 Å². The van der Waals surface area contributed by atoms with E-state index in [0.29, 0.717) is 17.4 Å². The van der Waals surface area contributed by atoms with Gasteiger partial charge in [0, 0.05) is 38.1 Å². The molecule has 2 saturated heterocycles. The zero-order chi connectivity index (χ0) is 21.9. The number of fused-ring (bicyclic) bond motifs is 3. The molecule has 5 fully saturated rings. The van der Waals surface area contributed by atoms with Crippen molar-refractivity contribution in [2.24, 2.45) is 23.2 Å². The van der Waals surface area contributed by atoms with Gasteiger partial charge in [-0.25, -0.2) is 4.98 Å². The first-order valence-corrected chi connectivity index (χ1v) is 13.1. The van der Waals surface area contributed by atoms with Crippen LogP contribution >= 0.6 is 0 Å². The highest BCUT2D eigenvalue weighted by molar-refractivity contribution is 5.76. The fraction of sp³-hybridized carbons (Fsp3) is 0.679. The maximum atomic E-state index is 5.16. The zero-order valence-electron chi connectivity index (χ0n) is 20.0. The molecule has 7 rings (SSSR count). The Balaban J connectivity index is 1.18. The summed E-state index contributed by atoms with van der Waals surface area (Å²) < 4.78 is 2.65. The molecule has 1 N–H and O–H groups in total. The summed E-state index contributed by atoms with van der Waals surface area (Å²) in [6, 6.07) is 9.39. The molecule has 3 heterocycles. The number of hydrogen-bond acceptors (Lipinski definition) is 3. The first-order valence-electron chi connectivity index (χ1n) is 13.1. The van der Waals surface area contributed by atoms with Crippen LogP contribution in [0.25, 0.3) is 11.0 Å². The third kappa shape index (κ3) is 3.28. The second kappa shape index (κ2) is 7.99. The van der Waals surface area contributed by atoms with Crippen LogP contribution in [-0.2, 0) is 0 Å². The second-order valence-corrected chi connectivity index (χ2v) is 11.7. The number of rotatable bonds is 4. The number of imidazole rings is 1. The molecule has 2 aromatic rings. The number of hydrogen-bond donors (Lipinski definition) is 1. The number of para-hydroxylation sites is 2. The van der Waals surface area contributed by atoms with Gasteiger partial charge in [-0.2, -0.15) is 0 Å². The van der Waals surface area contributed by atoms with Crippen LogP contribution in [0.1, 0.15) is 70.2 Å². The van der Waals surface area contributed by atoms with Crippen LogP contribution in [0.5, 0.6) is 0 Å². The number of aromatic nitrogens is 2. The molecule has 4 unspecified atom stereocenters. The number of benzene rings is 1. The van der Waals surface area contributed by atoms with Crippen LogP contribution in [0, 0.1) is 23.2 Å². The monoisotopic (exact) mass is 432 g/mol. The molecule has 4 nitrogen and oxygen atoms in total. The maximum absolute atomic E-state index is 5.16. The highest BCUT2D eigenvalue weighted by Crippen LogP contribution is 2.64. The highest BCUT2D eigenvalue weighted by Gasteiger charge is 2.57. The fourth-order valence-corrected chi connectivity index (χ4v) is 8.00. The van der Waals surface area contributed by atoms with Gasteiger partial charge in [0.05, 0.1) is 11.0 Å². The average molecular weight is 433 g/mol. The van der Waals surface area contributed by atoms with Gasteiger partial charge in [0.2, 0.25) is 0 Å². The number of allylic oxidation sites excluding steroid dienone is 1. The van der Waals surface area contributed by atoms with E-state index >= 15 is 0 Å². The van der Waals surface area contributed by atoms with Gasteiger partial charge in [-0.15, -0.1) is 0 Å². The molecule has 5 aliphatic rings. The predicted octanol–water partition coefficient (Wildman–Crippen LogP) is 5.38. The zero-order valence-corrected chi connectivity index (χ0v) is 20.0. The largest absolute Gasteiger partial charge is 0.324 e. The quantitative estimate of drug-likeness (QED) is 0.659. The fourth-order valence-electron chi connectivity index (χ4n) is 8.00. The minimum Gasteiger partial charge on any atom is -0.324 e. The molecule has 1 aromatic carbocycles. The van der Waals surface area contributed by atoms with Crippen molar-refractivity contribution in [2.75, 3.05) is 32.7 Å². The van der Waals surface area contributed by atoms with Crippen molar-refractivity contribution in [1.82, 2.24) is 19.8 Å². The van der Waals surface area contributed by atoms with Crippen LogP contribution in [0.3, 0.4) is 0 Å². The third-order valence-corrected chi connectivity index (χ3v) is 9.54. The number of nitrogens with zero attached hydrogens (tertiary/aromatic N) is 3. The van der Waals surface area contributed by atoms with Gasteiger partial charge in [-0.3, -0.25) is 0 Å². The predicted molar refractivity (Wildman–Crippen MR) is 132 cm³/mol. The Bertz CT molecular complexity index is 990. The molecule has 3 saturated carbocycles. The lowest BCUT2D eigenvalue weighted by Gasteiger charge is -2.62. The van der Waals surface area contributed by atoms with Crippen molar-refractivity contribution in [2.45, 2.75) is 64.3 Å².